The second-order valence-electron chi connectivity index (χ2n) is 10.8. The largest absolute Gasteiger partial charge is 0.493 e. The summed E-state index contributed by atoms with van der Waals surface area (Å²) in [6, 6.07) is 8.39. The van der Waals surface area contributed by atoms with Crippen LogP contribution in [-0.4, -0.2) is 136 Å². The molecular formula is C29H38O15. The Morgan fingerprint density at radius 2 is 1.32 bits per heavy atom. The van der Waals surface area contributed by atoms with Crippen molar-refractivity contribution >= 4 is 0 Å². The van der Waals surface area contributed by atoms with Crippen molar-refractivity contribution in [3.63, 3.8) is 0 Å². The third-order valence-electron chi connectivity index (χ3n) is 8.10. The molecule has 0 unspecified atom stereocenters. The lowest BCUT2D eigenvalue weighted by Crippen LogP contribution is -2.60. The molecule has 0 aliphatic carbocycles. The normalized spacial score (nSPS) is 35.3. The SMILES string of the molecule is COc1ccc([C@H]2COc3cc(O[C@H]4O[C@@H](CO)[C@H](O)[C@H](O)[C@@H]4O)ccc3C2)c(O[C@H]2O[C@@H](CO)[C@H](O)[C@H](O)[C@@H]2O)c1OC. The molecule has 244 valence electrons. The molecule has 2 aromatic rings. The van der Waals surface area contributed by atoms with Crippen molar-refractivity contribution in [3.05, 3.63) is 41.5 Å². The average Bonchev–Trinajstić information content (AvgIpc) is 3.04. The molecule has 8 N–H and O–H groups in total. The van der Waals surface area contributed by atoms with E-state index >= 15 is 0 Å². The highest BCUT2D eigenvalue weighted by molar-refractivity contribution is 5.58. The second-order valence-corrected chi connectivity index (χ2v) is 10.8. The van der Waals surface area contributed by atoms with Gasteiger partial charge in [0.25, 0.3) is 0 Å². The van der Waals surface area contributed by atoms with Crippen LogP contribution in [0.1, 0.15) is 17.0 Å². The fraction of sp³-hybridized carbons (Fsp3) is 0.586. The van der Waals surface area contributed by atoms with E-state index in [2.05, 4.69) is 0 Å². The molecular weight excluding hydrogens is 588 g/mol. The highest BCUT2D eigenvalue weighted by atomic mass is 16.7. The summed E-state index contributed by atoms with van der Waals surface area (Å²) >= 11 is 0. The van der Waals surface area contributed by atoms with Crippen LogP contribution < -0.4 is 23.7 Å². The second kappa shape index (κ2) is 13.6. The topological polar surface area (TPSA) is 226 Å². The van der Waals surface area contributed by atoms with Gasteiger partial charge in [0.15, 0.2) is 11.5 Å². The first-order valence-corrected chi connectivity index (χ1v) is 14.1. The van der Waals surface area contributed by atoms with Crippen LogP contribution in [0.5, 0.6) is 28.7 Å². The summed E-state index contributed by atoms with van der Waals surface area (Å²) in [6.45, 7) is -1.04. The van der Waals surface area contributed by atoms with Crippen molar-refractivity contribution in [2.45, 2.75) is 73.8 Å². The lowest BCUT2D eigenvalue weighted by molar-refractivity contribution is -0.277. The zero-order chi connectivity index (χ0) is 31.7. The van der Waals surface area contributed by atoms with Crippen LogP contribution in [0.3, 0.4) is 0 Å². The quantitative estimate of drug-likeness (QED) is 0.148. The molecule has 11 atom stereocenters. The monoisotopic (exact) mass is 626 g/mol. The number of ether oxygens (including phenoxy) is 7. The minimum Gasteiger partial charge on any atom is -0.493 e. The molecule has 2 fully saturated rings. The third-order valence-corrected chi connectivity index (χ3v) is 8.10. The molecule has 15 nitrogen and oxygen atoms in total. The Kier molecular flexibility index (Phi) is 10.0. The van der Waals surface area contributed by atoms with E-state index in [-0.39, 0.29) is 29.8 Å². The molecule has 0 bridgehead atoms. The Bertz CT molecular complexity index is 1270. The van der Waals surface area contributed by atoms with Gasteiger partial charge in [0.05, 0.1) is 34.0 Å². The van der Waals surface area contributed by atoms with Gasteiger partial charge in [-0.2, -0.15) is 0 Å². The summed E-state index contributed by atoms with van der Waals surface area (Å²) < 4.78 is 39.9. The van der Waals surface area contributed by atoms with Crippen LogP contribution in [0, 0.1) is 0 Å². The lowest BCUT2D eigenvalue weighted by atomic mass is 9.89. The van der Waals surface area contributed by atoms with Crippen molar-refractivity contribution in [2.24, 2.45) is 0 Å². The van der Waals surface area contributed by atoms with Crippen LogP contribution in [0.25, 0.3) is 0 Å². The zero-order valence-electron chi connectivity index (χ0n) is 24.0. The molecule has 3 aliphatic rings. The lowest BCUT2D eigenvalue weighted by Gasteiger charge is -2.40. The first-order valence-electron chi connectivity index (χ1n) is 14.1. The average molecular weight is 627 g/mol. The number of fused-ring (bicyclic) bond motifs is 1. The first kappa shape index (κ1) is 32.4. The standard InChI is InChI=1S/C29H38O15/c1-38-16-6-5-15(26(27(16)39-2)44-29-25(37)23(35)21(33)19(10-31)43-29)13-7-12-3-4-14(8-17(12)40-11-13)41-28-24(36)22(34)20(32)18(9-30)42-28/h3-6,8,13,18-25,28-37H,7,9-11H2,1-2H3/t13-,18+,19+,20+,21+,22+,23+,24+,25+,28+,29-/m1/s1. The summed E-state index contributed by atoms with van der Waals surface area (Å²) in [4.78, 5) is 0. The number of methoxy groups -OCH3 is 2. The van der Waals surface area contributed by atoms with Crippen LogP contribution in [0.15, 0.2) is 30.3 Å². The molecule has 0 aromatic heterocycles. The van der Waals surface area contributed by atoms with Gasteiger partial charge in [-0.1, -0.05) is 12.1 Å². The van der Waals surface area contributed by atoms with E-state index in [1.54, 1.807) is 30.3 Å². The van der Waals surface area contributed by atoms with Gasteiger partial charge in [-0.15, -0.1) is 0 Å². The Balaban J connectivity index is 1.37. The minimum absolute atomic E-state index is 0.149. The molecule has 2 saturated heterocycles. The molecule has 0 radical (unpaired) electrons. The number of aliphatic hydroxyl groups is 8. The van der Waals surface area contributed by atoms with Crippen molar-refractivity contribution < 1.29 is 74.0 Å². The van der Waals surface area contributed by atoms with Crippen LogP contribution in [0.4, 0.5) is 0 Å². The number of rotatable bonds is 9. The van der Waals surface area contributed by atoms with Crippen molar-refractivity contribution in [1.82, 2.24) is 0 Å². The predicted octanol–water partition coefficient (Wildman–Crippen LogP) is -2.22. The summed E-state index contributed by atoms with van der Waals surface area (Å²) in [5, 5.41) is 80.5. The van der Waals surface area contributed by atoms with E-state index in [4.69, 9.17) is 33.2 Å². The Labute approximate surface area is 252 Å². The Morgan fingerprint density at radius 1 is 0.705 bits per heavy atom. The van der Waals surface area contributed by atoms with E-state index in [1.165, 1.54) is 14.2 Å². The number of aliphatic hydroxyl groups excluding tert-OH is 8. The van der Waals surface area contributed by atoms with E-state index in [9.17, 15) is 40.9 Å². The van der Waals surface area contributed by atoms with Crippen LogP contribution in [0.2, 0.25) is 0 Å². The van der Waals surface area contributed by atoms with Gasteiger partial charge in [-0.25, -0.2) is 0 Å². The summed E-state index contributed by atoms with van der Waals surface area (Å²) in [5.74, 6) is 1.10. The molecule has 3 aliphatic heterocycles. The Hall–Kier alpha value is -2.96. The third kappa shape index (κ3) is 6.12. The van der Waals surface area contributed by atoms with Crippen molar-refractivity contribution in [3.8, 4) is 28.7 Å². The maximum absolute atomic E-state index is 10.6. The summed E-state index contributed by atoms with van der Waals surface area (Å²) in [5.41, 5.74) is 1.39. The van der Waals surface area contributed by atoms with E-state index < -0.39 is 74.6 Å². The summed E-state index contributed by atoms with van der Waals surface area (Å²) in [7, 11) is 2.85. The number of benzene rings is 2. The number of hydrogen-bond acceptors (Lipinski definition) is 15. The highest BCUT2D eigenvalue weighted by Gasteiger charge is 2.46. The van der Waals surface area contributed by atoms with E-state index in [0.717, 1.165) is 5.56 Å². The van der Waals surface area contributed by atoms with Crippen molar-refractivity contribution in [2.75, 3.05) is 34.0 Å². The molecule has 0 amide bonds. The van der Waals surface area contributed by atoms with Crippen LogP contribution >= 0.6 is 0 Å². The first-order chi connectivity index (χ1) is 21.1. The predicted molar refractivity (Wildman–Crippen MR) is 147 cm³/mol. The molecule has 0 spiro atoms. The highest BCUT2D eigenvalue weighted by Crippen LogP contribution is 2.46. The van der Waals surface area contributed by atoms with Gasteiger partial charge in [-0.3, -0.25) is 0 Å². The van der Waals surface area contributed by atoms with Crippen molar-refractivity contribution in [1.29, 1.82) is 0 Å². The maximum Gasteiger partial charge on any atom is 0.229 e. The van der Waals surface area contributed by atoms with Gasteiger partial charge in [0.2, 0.25) is 18.3 Å². The fourth-order valence-corrected chi connectivity index (χ4v) is 5.56. The minimum atomic E-state index is -1.65. The van der Waals surface area contributed by atoms with Gasteiger partial charge in [0, 0.05) is 17.5 Å². The van der Waals surface area contributed by atoms with Crippen LogP contribution in [-0.2, 0) is 15.9 Å². The van der Waals surface area contributed by atoms with E-state index in [0.29, 0.717) is 23.5 Å². The van der Waals surface area contributed by atoms with Gasteiger partial charge in [0.1, 0.15) is 60.3 Å². The van der Waals surface area contributed by atoms with E-state index in [1.807, 2.05) is 0 Å². The van der Waals surface area contributed by atoms with Gasteiger partial charge in [-0.05, 0) is 24.1 Å². The molecule has 0 saturated carbocycles. The maximum atomic E-state index is 10.6. The van der Waals surface area contributed by atoms with Gasteiger partial charge < -0.3 is 74.0 Å². The van der Waals surface area contributed by atoms with Gasteiger partial charge >= 0.3 is 0 Å². The molecule has 44 heavy (non-hydrogen) atoms. The molecule has 15 heteroatoms. The fourth-order valence-electron chi connectivity index (χ4n) is 5.56. The Morgan fingerprint density at radius 3 is 1.89 bits per heavy atom. The molecule has 2 aromatic carbocycles. The smallest absolute Gasteiger partial charge is 0.229 e. The summed E-state index contributed by atoms with van der Waals surface area (Å²) in [6.07, 6.45) is -14.2. The zero-order valence-corrected chi connectivity index (χ0v) is 24.0. The molecule has 3 heterocycles. The molecule has 5 rings (SSSR count). The number of hydrogen-bond donors (Lipinski definition) is 8.